The molecule has 1 aromatic rings. The van der Waals surface area contributed by atoms with E-state index >= 15 is 0 Å². The lowest BCUT2D eigenvalue weighted by molar-refractivity contribution is 0.0696. The first-order valence-electron chi connectivity index (χ1n) is 4.70. The third kappa shape index (κ3) is 3.25. The van der Waals surface area contributed by atoms with Crippen LogP contribution in [0.4, 0.5) is 0 Å². The second-order valence-electron chi connectivity index (χ2n) is 3.70. The van der Waals surface area contributed by atoms with Crippen LogP contribution in [0.25, 0.3) is 0 Å². The summed E-state index contributed by atoms with van der Waals surface area (Å²) in [6.07, 6.45) is 0.707. The maximum absolute atomic E-state index is 10.6. The Morgan fingerprint density at radius 1 is 1.40 bits per heavy atom. The van der Waals surface area contributed by atoms with Gasteiger partial charge in [0.1, 0.15) is 5.75 Å². The van der Waals surface area contributed by atoms with E-state index in [4.69, 9.17) is 5.11 Å². The summed E-state index contributed by atoms with van der Waals surface area (Å²) in [5.74, 6) is -0.971. The van der Waals surface area contributed by atoms with Crippen molar-refractivity contribution in [2.24, 2.45) is 0 Å². The molecule has 0 radical (unpaired) electrons. The van der Waals surface area contributed by atoms with Crippen LogP contribution in [0.1, 0.15) is 15.9 Å². The highest BCUT2D eigenvalue weighted by Crippen LogP contribution is 2.19. The second kappa shape index (κ2) is 4.79. The molecule has 15 heavy (non-hydrogen) atoms. The van der Waals surface area contributed by atoms with Crippen LogP contribution in [0, 0.1) is 0 Å². The number of aromatic hydroxyl groups is 1. The SMILES string of the molecule is CN(C)CCc1ccc(C(=O)O)cc1O. The first kappa shape index (κ1) is 11.5. The van der Waals surface area contributed by atoms with E-state index in [1.54, 1.807) is 6.07 Å². The van der Waals surface area contributed by atoms with E-state index < -0.39 is 5.97 Å². The molecular formula is C11H15NO3. The predicted molar refractivity (Wildman–Crippen MR) is 57.3 cm³/mol. The quantitative estimate of drug-likeness (QED) is 0.782. The number of nitrogens with zero attached hydrogens (tertiary/aromatic N) is 1. The second-order valence-corrected chi connectivity index (χ2v) is 3.70. The topological polar surface area (TPSA) is 60.8 Å². The average Bonchev–Trinajstić information content (AvgIpc) is 2.15. The van der Waals surface area contributed by atoms with Crippen molar-refractivity contribution in [3.05, 3.63) is 29.3 Å². The fourth-order valence-electron chi connectivity index (χ4n) is 1.25. The minimum atomic E-state index is -1.02. The minimum absolute atomic E-state index is 0.0525. The van der Waals surface area contributed by atoms with Gasteiger partial charge in [0.25, 0.3) is 0 Å². The Labute approximate surface area is 88.8 Å². The number of hydrogen-bond acceptors (Lipinski definition) is 3. The Morgan fingerprint density at radius 3 is 2.53 bits per heavy atom. The van der Waals surface area contributed by atoms with E-state index in [0.29, 0.717) is 6.42 Å². The summed E-state index contributed by atoms with van der Waals surface area (Å²) < 4.78 is 0. The summed E-state index contributed by atoms with van der Waals surface area (Å²) in [5.41, 5.74) is 0.884. The van der Waals surface area contributed by atoms with E-state index in [0.717, 1.165) is 12.1 Å². The molecule has 0 atom stereocenters. The van der Waals surface area contributed by atoms with Crippen molar-refractivity contribution < 1.29 is 15.0 Å². The van der Waals surface area contributed by atoms with E-state index in [9.17, 15) is 9.90 Å². The molecule has 2 N–H and O–H groups in total. The van der Waals surface area contributed by atoms with Gasteiger partial charge in [0, 0.05) is 6.54 Å². The van der Waals surface area contributed by atoms with Gasteiger partial charge in [-0.3, -0.25) is 0 Å². The lowest BCUT2D eigenvalue weighted by Crippen LogP contribution is -2.15. The zero-order valence-electron chi connectivity index (χ0n) is 8.90. The van der Waals surface area contributed by atoms with Gasteiger partial charge in [0.05, 0.1) is 5.56 Å². The molecule has 4 nitrogen and oxygen atoms in total. The lowest BCUT2D eigenvalue weighted by Gasteiger charge is -2.10. The van der Waals surface area contributed by atoms with Gasteiger partial charge in [-0.15, -0.1) is 0 Å². The summed E-state index contributed by atoms with van der Waals surface area (Å²) >= 11 is 0. The Balaban J connectivity index is 2.79. The standard InChI is InChI=1S/C11H15NO3/c1-12(2)6-5-8-3-4-9(11(14)15)7-10(8)13/h3-4,7,13H,5-6H2,1-2H3,(H,14,15). The maximum atomic E-state index is 10.6. The minimum Gasteiger partial charge on any atom is -0.508 e. The van der Waals surface area contributed by atoms with Gasteiger partial charge in [0.15, 0.2) is 0 Å². The Bertz CT molecular complexity index is 361. The third-order valence-electron chi connectivity index (χ3n) is 2.16. The summed E-state index contributed by atoms with van der Waals surface area (Å²) in [6, 6.07) is 4.45. The van der Waals surface area contributed by atoms with E-state index in [1.807, 2.05) is 19.0 Å². The largest absolute Gasteiger partial charge is 0.508 e. The molecule has 0 spiro atoms. The van der Waals surface area contributed by atoms with Gasteiger partial charge in [0.2, 0.25) is 0 Å². The molecule has 0 aliphatic heterocycles. The number of hydrogen-bond donors (Lipinski definition) is 2. The van der Waals surface area contributed by atoms with Crippen LogP contribution in [-0.4, -0.2) is 41.7 Å². The van der Waals surface area contributed by atoms with E-state index in [-0.39, 0.29) is 11.3 Å². The van der Waals surface area contributed by atoms with Crippen molar-refractivity contribution in [1.29, 1.82) is 0 Å². The van der Waals surface area contributed by atoms with Crippen LogP contribution >= 0.6 is 0 Å². The molecular weight excluding hydrogens is 194 g/mol. The van der Waals surface area contributed by atoms with Crippen LogP contribution in [0.15, 0.2) is 18.2 Å². The highest BCUT2D eigenvalue weighted by Gasteiger charge is 2.07. The number of phenolic OH excluding ortho intramolecular Hbond substituents is 1. The number of rotatable bonds is 4. The van der Waals surface area contributed by atoms with Crippen molar-refractivity contribution in [1.82, 2.24) is 4.90 Å². The Morgan fingerprint density at radius 2 is 2.07 bits per heavy atom. The zero-order chi connectivity index (χ0) is 11.4. The fraction of sp³-hybridized carbons (Fsp3) is 0.364. The molecule has 1 aromatic carbocycles. The fourth-order valence-corrected chi connectivity index (χ4v) is 1.25. The van der Waals surface area contributed by atoms with Crippen LogP contribution in [0.5, 0.6) is 5.75 Å². The molecule has 0 aliphatic rings. The molecule has 0 aliphatic carbocycles. The van der Waals surface area contributed by atoms with Crippen molar-refractivity contribution in [2.45, 2.75) is 6.42 Å². The number of benzene rings is 1. The summed E-state index contributed by atoms with van der Waals surface area (Å²) in [7, 11) is 3.89. The maximum Gasteiger partial charge on any atom is 0.335 e. The van der Waals surface area contributed by atoms with Crippen LogP contribution in [0.3, 0.4) is 0 Å². The van der Waals surface area contributed by atoms with E-state index in [1.165, 1.54) is 12.1 Å². The molecule has 0 aromatic heterocycles. The zero-order valence-corrected chi connectivity index (χ0v) is 8.90. The van der Waals surface area contributed by atoms with Gasteiger partial charge in [-0.25, -0.2) is 4.79 Å². The average molecular weight is 209 g/mol. The molecule has 0 heterocycles. The number of aromatic carboxylic acids is 1. The van der Waals surface area contributed by atoms with Crippen molar-refractivity contribution in [3.8, 4) is 5.75 Å². The Hall–Kier alpha value is -1.55. The van der Waals surface area contributed by atoms with E-state index in [2.05, 4.69) is 0 Å². The smallest absolute Gasteiger partial charge is 0.335 e. The molecule has 0 saturated heterocycles. The highest BCUT2D eigenvalue weighted by molar-refractivity contribution is 5.88. The monoisotopic (exact) mass is 209 g/mol. The summed E-state index contributed by atoms with van der Waals surface area (Å²) in [5, 5.41) is 18.3. The molecule has 0 unspecified atom stereocenters. The van der Waals surface area contributed by atoms with Crippen molar-refractivity contribution >= 4 is 5.97 Å². The van der Waals surface area contributed by atoms with Crippen LogP contribution in [-0.2, 0) is 6.42 Å². The number of likely N-dealkylation sites (N-methyl/N-ethyl adjacent to an activating group) is 1. The first-order valence-corrected chi connectivity index (χ1v) is 4.70. The molecule has 0 saturated carbocycles. The van der Waals surface area contributed by atoms with Crippen LogP contribution in [0.2, 0.25) is 0 Å². The molecule has 82 valence electrons. The summed E-state index contributed by atoms with van der Waals surface area (Å²) in [6.45, 7) is 0.819. The Kier molecular flexibility index (Phi) is 3.68. The molecule has 1 rings (SSSR count). The van der Waals surface area contributed by atoms with Crippen molar-refractivity contribution in [2.75, 3.05) is 20.6 Å². The summed E-state index contributed by atoms with van der Waals surface area (Å²) in [4.78, 5) is 12.6. The molecule has 0 bridgehead atoms. The third-order valence-corrected chi connectivity index (χ3v) is 2.16. The number of phenols is 1. The first-order chi connectivity index (χ1) is 7.00. The van der Waals surface area contributed by atoms with Crippen LogP contribution < -0.4 is 0 Å². The normalized spacial score (nSPS) is 10.6. The van der Waals surface area contributed by atoms with Crippen molar-refractivity contribution in [3.63, 3.8) is 0 Å². The number of carboxylic acid groups (broad SMARTS) is 1. The van der Waals surface area contributed by atoms with Gasteiger partial charge < -0.3 is 15.1 Å². The molecule has 4 heteroatoms. The number of carbonyl (C=O) groups is 1. The lowest BCUT2D eigenvalue weighted by atomic mass is 10.1. The number of carboxylic acids is 1. The predicted octanol–water partition coefficient (Wildman–Crippen LogP) is 1.19. The van der Waals surface area contributed by atoms with Gasteiger partial charge in [-0.2, -0.15) is 0 Å². The molecule has 0 amide bonds. The van der Waals surface area contributed by atoms with Gasteiger partial charge in [-0.05, 0) is 38.2 Å². The van der Waals surface area contributed by atoms with Gasteiger partial charge >= 0.3 is 5.97 Å². The highest BCUT2D eigenvalue weighted by atomic mass is 16.4. The van der Waals surface area contributed by atoms with Gasteiger partial charge in [-0.1, -0.05) is 6.07 Å². The molecule has 0 fully saturated rings.